The lowest BCUT2D eigenvalue weighted by atomic mass is 10.0. The fourth-order valence-electron chi connectivity index (χ4n) is 2.02. The van der Waals surface area contributed by atoms with Crippen molar-refractivity contribution in [2.75, 3.05) is 6.54 Å². The van der Waals surface area contributed by atoms with E-state index in [1.54, 1.807) is 0 Å². The van der Waals surface area contributed by atoms with Crippen LogP contribution in [0.5, 0.6) is 5.75 Å². The first-order valence-electron chi connectivity index (χ1n) is 6.98. The van der Waals surface area contributed by atoms with Gasteiger partial charge in [0.05, 0.1) is 35.8 Å². The van der Waals surface area contributed by atoms with Gasteiger partial charge >= 0.3 is 0 Å². The van der Waals surface area contributed by atoms with Crippen molar-refractivity contribution >= 4 is 11.7 Å². The average Bonchev–Trinajstić information content (AvgIpc) is 2.93. The molecule has 0 aliphatic carbocycles. The monoisotopic (exact) mass is 291 g/mol. The molecule has 20 heavy (non-hydrogen) atoms. The zero-order valence-electron chi connectivity index (χ0n) is 12.2. The number of hydrogen-bond donors (Lipinski definition) is 1. The minimum atomic E-state index is 0.0735. The third-order valence-electron chi connectivity index (χ3n) is 2.84. The zero-order chi connectivity index (χ0) is 14.4. The summed E-state index contributed by atoms with van der Waals surface area (Å²) in [7, 11) is 0. The van der Waals surface area contributed by atoms with Crippen LogP contribution < -0.4 is 10.1 Å². The molecule has 108 valence electrons. The second-order valence-corrected chi connectivity index (χ2v) is 5.52. The van der Waals surface area contributed by atoms with E-state index in [0.29, 0.717) is 0 Å². The quantitative estimate of drug-likeness (QED) is 0.849. The number of hydrogen-bond acceptors (Lipinski definition) is 5. The molecule has 0 amide bonds. The molecule has 1 aromatic carbocycles. The summed E-state index contributed by atoms with van der Waals surface area (Å²) in [5.74, 6) is 0.893. The number of ether oxygens (including phenoxy) is 1. The van der Waals surface area contributed by atoms with Gasteiger partial charge in [0, 0.05) is 0 Å². The summed E-state index contributed by atoms with van der Waals surface area (Å²) in [4.78, 5) is 0. The number of aromatic nitrogens is 2. The average molecular weight is 291 g/mol. The van der Waals surface area contributed by atoms with Gasteiger partial charge in [-0.3, -0.25) is 0 Å². The first-order chi connectivity index (χ1) is 9.70. The maximum absolute atomic E-state index is 5.77. The Morgan fingerprint density at radius 3 is 2.85 bits per heavy atom. The minimum absolute atomic E-state index is 0.0735. The molecule has 0 saturated carbocycles. The van der Waals surface area contributed by atoms with Gasteiger partial charge in [-0.05, 0) is 44.5 Å². The molecule has 2 rings (SSSR count). The van der Waals surface area contributed by atoms with Gasteiger partial charge in [0.25, 0.3) is 0 Å². The van der Waals surface area contributed by atoms with E-state index in [2.05, 4.69) is 33.1 Å². The number of benzene rings is 1. The van der Waals surface area contributed by atoms with Crippen LogP contribution in [0.4, 0.5) is 0 Å². The van der Waals surface area contributed by atoms with E-state index in [1.807, 2.05) is 32.2 Å². The SMILES string of the molecule is CCCNC(c1cccc(OC(C)C)c1)c1cnsn1. The number of nitrogens with one attached hydrogen (secondary N) is 1. The van der Waals surface area contributed by atoms with Crippen molar-refractivity contribution in [3.8, 4) is 5.75 Å². The van der Waals surface area contributed by atoms with Crippen LogP contribution in [0.25, 0.3) is 0 Å². The van der Waals surface area contributed by atoms with Crippen molar-refractivity contribution in [2.45, 2.75) is 39.3 Å². The largest absolute Gasteiger partial charge is 0.491 e. The van der Waals surface area contributed by atoms with Crippen LogP contribution in [0.2, 0.25) is 0 Å². The van der Waals surface area contributed by atoms with E-state index in [1.165, 1.54) is 11.7 Å². The van der Waals surface area contributed by atoms with Crippen molar-refractivity contribution in [3.05, 3.63) is 41.7 Å². The van der Waals surface area contributed by atoms with Crippen LogP contribution in [0.3, 0.4) is 0 Å². The summed E-state index contributed by atoms with van der Waals surface area (Å²) in [5.41, 5.74) is 2.12. The van der Waals surface area contributed by atoms with E-state index in [4.69, 9.17) is 4.74 Å². The summed E-state index contributed by atoms with van der Waals surface area (Å²) in [6.07, 6.45) is 3.08. The minimum Gasteiger partial charge on any atom is -0.491 e. The Labute approximate surface area is 124 Å². The molecule has 1 atom stereocenters. The summed E-state index contributed by atoms with van der Waals surface area (Å²) >= 11 is 1.24. The molecule has 0 aliphatic heterocycles. The molecule has 0 bridgehead atoms. The molecule has 1 N–H and O–H groups in total. The first-order valence-corrected chi connectivity index (χ1v) is 7.71. The Hall–Kier alpha value is -1.46. The molecule has 2 aromatic rings. The normalized spacial score (nSPS) is 12.6. The van der Waals surface area contributed by atoms with Gasteiger partial charge in [-0.1, -0.05) is 19.1 Å². The zero-order valence-corrected chi connectivity index (χ0v) is 13.0. The summed E-state index contributed by atoms with van der Waals surface area (Å²) < 4.78 is 14.2. The highest BCUT2D eigenvalue weighted by Crippen LogP contribution is 2.25. The topological polar surface area (TPSA) is 47.0 Å². The number of rotatable bonds is 7. The maximum Gasteiger partial charge on any atom is 0.120 e. The van der Waals surface area contributed by atoms with Crippen LogP contribution in [0.1, 0.15) is 44.5 Å². The molecule has 1 unspecified atom stereocenters. The van der Waals surface area contributed by atoms with E-state index < -0.39 is 0 Å². The number of nitrogens with zero attached hydrogens (tertiary/aromatic N) is 2. The van der Waals surface area contributed by atoms with Crippen molar-refractivity contribution in [2.24, 2.45) is 0 Å². The Bertz CT molecular complexity index is 514. The van der Waals surface area contributed by atoms with Gasteiger partial charge in [0.15, 0.2) is 0 Å². The molecule has 0 fully saturated rings. The second-order valence-electron chi connectivity index (χ2n) is 4.96. The Kier molecular flexibility index (Phi) is 5.49. The standard InChI is InChI=1S/C15H21N3OS/c1-4-8-16-15(14-10-17-20-18-14)12-6-5-7-13(9-12)19-11(2)3/h5-7,9-11,15-16H,4,8H2,1-3H3. The van der Waals surface area contributed by atoms with Crippen LogP contribution in [-0.4, -0.2) is 21.4 Å². The fraction of sp³-hybridized carbons (Fsp3) is 0.467. The molecule has 5 heteroatoms. The fourth-order valence-corrected chi connectivity index (χ4v) is 2.47. The smallest absolute Gasteiger partial charge is 0.120 e. The molecule has 0 radical (unpaired) electrons. The molecular formula is C15H21N3OS. The maximum atomic E-state index is 5.77. The molecule has 0 saturated heterocycles. The Morgan fingerprint density at radius 1 is 1.35 bits per heavy atom. The summed E-state index contributed by atoms with van der Waals surface area (Å²) in [6.45, 7) is 7.16. The van der Waals surface area contributed by atoms with Gasteiger partial charge in [0.1, 0.15) is 5.75 Å². The molecule has 1 aromatic heterocycles. The van der Waals surface area contributed by atoms with E-state index in [9.17, 15) is 0 Å². The van der Waals surface area contributed by atoms with Crippen molar-refractivity contribution < 1.29 is 4.74 Å². The predicted molar refractivity (Wildman–Crippen MR) is 82.3 cm³/mol. The van der Waals surface area contributed by atoms with Crippen LogP contribution >= 0.6 is 11.7 Å². The van der Waals surface area contributed by atoms with Crippen LogP contribution in [0.15, 0.2) is 30.5 Å². The van der Waals surface area contributed by atoms with Crippen molar-refractivity contribution in [1.29, 1.82) is 0 Å². The summed E-state index contributed by atoms with van der Waals surface area (Å²) in [5, 5.41) is 3.52. The van der Waals surface area contributed by atoms with Crippen LogP contribution in [-0.2, 0) is 0 Å². The van der Waals surface area contributed by atoms with Gasteiger partial charge in [-0.15, -0.1) is 0 Å². The van der Waals surface area contributed by atoms with Crippen molar-refractivity contribution in [1.82, 2.24) is 14.1 Å². The van der Waals surface area contributed by atoms with Gasteiger partial charge in [0.2, 0.25) is 0 Å². The Balaban J connectivity index is 2.24. The van der Waals surface area contributed by atoms with E-state index in [0.717, 1.165) is 30.0 Å². The van der Waals surface area contributed by atoms with E-state index >= 15 is 0 Å². The molecule has 0 aliphatic rings. The molecule has 0 spiro atoms. The first kappa shape index (κ1) is 14.9. The second kappa shape index (κ2) is 7.36. The molecule has 1 heterocycles. The molecule has 4 nitrogen and oxygen atoms in total. The molecular weight excluding hydrogens is 270 g/mol. The van der Waals surface area contributed by atoms with Gasteiger partial charge in [-0.25, -0.2) is 0 Å². The summed E-state index contributed by atoms with van der Waals surface area (Å²) in [6, 6.07) is 8.25. The van der Waals surface area contributed by atoms with E-state index in [-0.39, 0.29) is 12.1 Å². The lowest BCUT2D eigenvalue weighted by Gasteiger charge is -2.18. The van der Waals surface area contributed by atoms with Crippen LogP contribution in [0, 0.1) is 0 Å². The van der Waals surface area contributed by atoms with Gasteiger partial charge in [-0.2, -0.15) is 8.75 Å². The highest BCUT2D eigenvalue weighted by molar-refractivity contribution is 6.99. The van der Waals surface area contributed by atoms with Gasteiger partial charge < -0.3 is 10.1 Å². The Morgan fingerprint density at radius 2 is 2.20 bits per heavy atom. The van der Waals surface area contributed by atoms with Crippen molar-refractivity contribution in [3.63, 3.8) is 0 Å². The predicted octanol–water partition coefficient (Wildman–Crippen LogP) is 3.41. The lowest BCUT2D eigenvalue weighted by Crippen LogP contribution is -2.23. The third kappa shape index (κ3) is 4.02. The highest BCUT2D eigenvalue weighted by Gasteiger charge is 2.16. The lowest BCUT2D eigenvalue weighted by molar-refractivity contribution is 0.242. The third-order valence-corrected chi connectivity index (χ3v) is 3.33. The highest BCUT2D eigenvalue weighted by atomic mass is 32.1.